The van der Waals surface area contributed by atoms with Crippen molar-refractivity contribution in [3.8, 4) is 51.5 Å². The van der Waals surface area contributed by atoms with E-state index in [1.807, 2.05) is 0 Å². The average Bonchev–Trinajstić information content (AvgIpc) is 3.74. The van der Waals surface area contributed by atoms with Gasteiger partial charge in [-0.25, -0.2) is 23.3 Å². The molecule has 2 aliphatic heterocycles. The summed E-state index contributed by atoms with van der Waals surface area (Å²) in [5, 5.41) is 54.8. The first-order chi connectivity index (χ1) is 37.4. The van der Waals surface area contributed by atoms with Gasteiger partial charge in [0.1, 0.15) is 22.4 Å². The number of phenols is 1. The fourth-order valence-corrected chi connectivity index (χ4v) is 11.8. The number of methoxy groups -OCH3 is 2. The molecule has 7 rings (SSSR count). The number of carboxylic acid groups (broad SMARTS) is 1. The molecule has 0 saturated carbocycles. The van der Waals surface area contributed by atoms with E-state index in [1.54, 1.807) is 13.8 Å². The summed E-state index contributed by atoms with van der Waals surface area (Å²) in [6.07, 6.45) is -4.89. The van der Waals surface area contributed by atoms with E-state index in [0.717, 1.165) is 16.8 Å². The van der Waals surface area contributed by atoms with E-state index in [4.69, 9.17) is 56.4 Å². The minimum absolute atomic E-state index is 0.0256. The first-order valence-electron chi connectivity index (χ1n) is 22.7. The third-order valence-corrected chi connectivity index (χ3v) is 16.3. The lowest BCUT2D eigenvalue weighted by Gasteiger charge is -2.22. The zero-order chi connectivity index (χ0) is 58.9. The summed E-state index contributed by atoms with van der Waals surface area (Å²) in [5.74, 6) is 1.97. The molecular formula is C46H44Cl2N4O25P3+. The third kappa shape index (κ3) is 13.5. The summed E-state index contributed by atoms with van der Waals surface area (Å²) in [4.78, 5) is 105. The van der Waals surface area contributed by atoms with Crippen LogP contribution in [0.5, 0.6) is 17.2 Å². The number of carbonyl (C=O) groups is 1. The summed E-state index contributed by atoms with van der Waals surface area (Å²) in [6.45, 7) is 1.47. The van der Waals surface area contributed by atoms with Crippen molar-refractivity contribution in [2.75, 3.05) is 27.4 Å². The second-order valence-corrected chi connectivity index (χ2v) is 22.6. The van der Waals surface area contributed by atoms with Crippen LogP contribution in [0.3, 0.4) is 0 Å². The van der Waals surface area contributed by atoms with Crippen molar-refractivity contribution in [2.45, 2.75) is 51.4 Å². The predicted molar refractivity (Wildman–Crippen MR) is 277 cm³/mol. The van der Waals surface area contributed by atoms with Crippen molar-refractivity contribution in [1.82, 2.24) is 9.55 Å². The summed E-state index contributed by atoms with van der Waals surface area (Å²) in [5.41, 5.74) is -3.57. The molecule has 3 heterocycles. The van der Waals surface area contributed by atoms with Gasteiger partial charge in [-0.05, 0) is 59.9 Å². The van der Waals surface area contributed by atoms with E-state index in [1.165, 1.54) is 56.7 Å². The highest BCUT2D eigenvalue weighted by Crippen LogP contribution is 2.66. The fourth-order valence-electron chi connectivity index (χ4n) is 8.26. The van der Waals surface area contributed by atoms with Gasteiger partial charge in [-0.15, -0.1) is 0 Å². The van der Waals surface area contributed by atoms with Crippen LogP contribution in [0.4, 0.5) is 5.69 Å². The van der Waals surface area contributed by atoms with Gasteiger partial charge in [-0.1, -0.05) is 43.0 Å². The van der Waals surface area contributed by atoms with Gasteiger partial charge in [0.25, 0.3) is 11.2 Å². The van der Waals surface area contributed by atoms with Crippen molar-refractivity contribution >= 4 is 75.2 Å². The number of H-pyrrole nitrogens is 1. The van der Waals surface area contributed by atoms with Gasteiger partial charge in [0.15, 0.2) is 28.6 Å². The molecule has 6 unspecified atom stereocenters. The normalized spacial score (nSPS) is 17.6. The van der Waals surface area contributed by atoms with E-state index >= 15 is 0 Å². The molecule has 0 spiro atoms. The van der Waals surface area contributed by atoms with Crippen LogP contribution in [0.15, 0.2) is 73.5 Å². The number of benzene rings is 4. The molecule has 34 heteroatoms. The number of nitro benzene ring substituents is 1. The van der Waals surface area contributed by atoms with Gasteiger partial charge < -0.3 is 63.4 Å². The van der Waals surface area contributed by atoms with Crippen LogP contribution in [0.2, 0.25) is 10.0 Å². The second kappa shape index (κ2) is 24.1. The standard InChI is InChI=1S/C46H43Cl2N4O25P3/c1-20(2)40(72-18-23-17-51(46(60)50-44(23)57)34-16-30(53)33(74-34)19-73-79(66,67)77-80(68,69)76-78(63,64)65)25-9-7-21(12-29(25)52(61)62)6-5-11-49-43(56)22-8-10-24(45(58)59)26(13-22)35-27-14-31(70-3)38(54)36(47)41(27)75-42-28(35)15-32(71-4)39(55)37(42)48/h7-10,12-15,17,20,30,33-34,40,53-54H,11,16,18-19H2,1-4H3,(H,49,56)(H,58,59)(H,66,67)(H,68,69)(H,50,57,60)(H2,63,64,65)/p+1. The number of aromatic amines is 1. The topological polar surface area (TPSA) is 437 Å². The summed E-state index contributed by atoms with van der Waals surface area (Å²) >= 11 is 13.0. The number of aromatic hydroxyl groups is 1. The molecule has 1 fully saturated rings. The zero-order valence-corrected chi connectivity index (χ0v) is 45.6. The first-order valence-corrected chi connectivity index (χ1v) is 28.0. The van der Waals surface area contributed by atoms with Gasteiger partial charge in [-0.2, -0.15) is 13.6 Å². The lowest BCUT2D eigenvalue weighted by molar-refractivity contribution is -0.450. The highest BCUT2D eigenvalue weighted by molar-refractivity contribution is 7.66. The molecule has 4 aromatic rings. The fraction of sp³-hybridized carbons (Fsp3) is 0.283. The molecule has 1 saturated heterocycles. The highest BCUT2D eigenvalue weighted by atomic mass is 35.5. The lowest BCUT2D eigenvalue weighted by Crippen LogP contribution is -2.73. The molecule has 0 amide bonds. The molecule has 29 nitrogen and oxygen atoms in total. The van der Waals surface area contributed by atoms with Gasteiger partial charge in [-0.3, -0.25) is 33.8 Å². The Kier molecular flexibility index (Phi) is 18.3. The smallest absolute Gasteiger partial charge is 0.490 e. The van der Waals surface area contributed by atoms with Crippen LogP contribution in [0.25, 0.3) is 33.4 Å². The molecule has 6 atom stereocenters. The van der Waals surface area contributed by atoms with Crippen LogP contribution in [-0.4, -0.2) is 106 Å². The number of rotatable bonds is 20. The molecule has 0 radical (unpaired) electrons. The average molecular weight is 1220 g/mol. The molecule has 0 bridgehead atoms. The largest absolute Gasteiger partial charge is 0.503 e. The van der Waals surface area contributed by atoms with Crippen LogP contribution < -0.4 is 31.1 Å². The van der Waals surface area contributed by atoms with Crippen molar-refractivity contribution in [3.05, 3.63) is 134 Å². The number of nitrogens with one attached hydrogen (secondary N) is 2. The number of aromatic nitrogens is 2. The third-order valence-electron chi connectivity index (χ3n) is 11.8. The van der Waals surface area contributed by atoms with Crippen LogP contribution in [0, 0.1) is 27.9 Å². The van der Waals surface area contributed by atoms with E-state index in [2.05, 4.69) is 35.0 Å². The molecule has 1 aliphatic carbocycles. The van der Waals surface area contributed by atoms with Gasteiger partial charge in [0.2, 0.25) is 12.0 Å². The van der Waals surface area contributed by atoms with E-state index in [9.17, 15) is 73.2 Å². The van der Waals surface area contributed by atoms with Crippen molar-refractivity contribution in [2.24, 2.45) is 5.92 Å². The van der Waals surface area contributed by atoms with E-state index in [-0.39, 0.29) is 84.3 Å². The highest BCUT2D eigenvalue weighted by Gasteiger charge is 2.43. The summed E-state index contributed by atoms with van der Waals surface area (Å²) in [7, 11) is -14.7. The quantitative estimate of drug-likeness (QED) is 0.00963. The Balaban J connectivity index is 1.10. The van der Waals surface area contributed by atoms with E-state index in [0.29, 0.717) is 0 Å². The minimum Gasteiger partial charge on any atom is -0.503 e. The van der Waals surface area contributed by atoms with Crippen molar-refractivity contribution in [1.29, 1.82) is 0 Å². The number of phenolic OH excluding ortho intramolecular Hbond substituents is 1. The maximum atomic E-state index is 13.0. The number of aliphatic hydroxyl groups excluding tert-OH is 2. The van der Waals surface area contributed by atoms with Crippen molar-refractivity contribution < 1.29 is 105 Å². The molecule has 426 valence electrons. The number of phosphoric ester groups is 1. The number of halogens is 2. The SMILES string of the molecule is COc1cc2c(-c3cc(C(O)=[NH+]CC#Cc4ccc(C(OCc5cn(C6CC(O)C(COP(=O)(O)OP(=O)(O)OP(=O)(O)O)O6)c(=O)[nH]c5=O)C(C)C)c([N+](=O)[O-])c4)ccc3C(=O)O)c3cc(OC)c(=O)c(Cl)c-3oc2c(Cl)c1O. The monoisotopic (exact) mass is 1220 g/mol. The summed E-state index contributed by atoms with van der Waals surface area (Å²) in [6, 6.07) is 10.4. The predicted octanol–water partition coefficient (Wildman–Crippen LogP) is 4.39. The number of aliphatic hydroxyl groups is 2. The Bertz CT molecular complexity index is 3870. The number of hydrogen-bond donors (Lipinski definition) is 10. The Morgan fingerprint density at radius 2 is 1.66 bits per heavy atom. The van der Waals surface area contributed by atoms with Crippen molar-refractivity contribution in [3.63, 3.8) is 0 Å². The molecule has 3 aliphatic rings. The number of phosphoric acid groups is 3. The molecule has 10 N–H and O–H groups in total. The Hall–Kier alpha value is -6.80. The number of fused-ring (bicyclic) bond motifs is 2. The zero-order valence-electron chi connectivity index (χ0n) is 41.4. The van der Waals surface area contributed by atoms with Gasteiger partial charge in [0.05, 0.1) is 66.8 Å². The maximum absolute atomic E-state index is 13.0. The Morgan fingerprint density at radius 3 is 2.30 bits per heavy atom. The lowest BCUT2D eigenvalue weighted by atomic mass is 9.89. The molecule has 80 heavy (non-hydrogen) atoms. The number of aromatic carboxylic acids is 1. The molecular weight excluding hydrogens is 1170 g/mol. The van der Waals surface area contributed by atoms with Crippen LogP contribution in [0.1, 0.15) is 65.2 Å². The second-order valence-electron chi connectivity index (χ2n) is 17.4. The number of nitro groups is 1. The molecule has 3 aromatic carbocycles. The van der Waals surface area contributed by atoms with Gasteiger partial charge >= 0.3 is 41.0 Å². The van der Waals surface area contributed by atoms with E-state index < -0.39 is 123 Å². The number of nitrogens with zero attached hydrogens (tertiary/aromatic N) is 2. The van der Waals surface area contributed by atoms with Crippen LogP contribution >= 0.6 is 46.7 Å². The minimum atomic E-state index is -5.86. The Labute approximate surface area is 458 Å². The number of carboxylic acids is 1. The molecule has 1 aromatic heterocycles. The number of hydrogen-bond acceptors (Lipinski definition) is 19. The van der Waals surface area contributed by atoms with Gasteiger partial charge in [0, 0.05) is 40.8 Å². The maximum Gasteiger partial charge on any atom is 0.490 e. The number of ether oxygens (including phenoxy) is 4. The van der Waals surface area contributed by atoms with Crippen LogP contribution in [-0.2, 0) is 42.9 Å². The Morgan fingerprint density at radius 1 is 0.963 bits per heavy atom. The summed E-state index contributed by atoms with van der Waals surface area (Å²) < 4.78 is 75.6. The first kappa shape index (κ1) is 60.8.